The van der Waals surface area contributed by atoms with Gasteiger partial charge in [-0.2, -0.15) is 5.26 Å². The predicted octanol–water partition coefficient (Wildman–Crippen LogP) is 3.69. The fraction of sp³-hybridized carbons (Fsp3) is 0.435. The molecule has 10 heteroatoms. The number of nitrogens with zero attached hydrogens (tertiary/aromatic N) is 6. The highest BCUT2D eigenvalue weighted by molar-refractivity contribution is 7.15. The van der Waals surface area contributed by atoms with Crippen LogP contribution in [0.15, 0.2) is 30.6 Å². The van der Waals surface area contributed by atoms with E-state index < -0.39 is 11.7 Å². The van der Waals surface area contributed by atoms with Crippen LogP contribution in [-0.2, 0) is 0 Å². The van der Waals surface area contributed by atoms with Crippen molar-refractivity contribution in [2.24, 2.45) is 0 Å². The van der Waals surface area contributed by atoms with Gasteiger partial charge in [0, 0.05) is 24.2 Å². The van der Waals surface area contributed by atoms with E-state index in [0.29, 0.717) is 39.3 Å². The Bertz CT molecular complexity index is 1210. The summed E-state index contributed by atoms with van der Waals surface area (Å²) in [5, 5.41) is 32.1. The number of halogens is 1. The number of phenols is 1. The molecule has 0 aliphatic carbocycles. The topological polar surface area (TPSA) is 111 Å². The first-order chi connectivity index (χ1) is 15.9. The van der Waals surface area contributed by atoms with Gasteiger partial charge in [-0.1, -0.05) is 6.07 Å². The average molecular weight is 466 g/mol. The highest BCUT2D eigenvalue weighted by atomic mass is 32.1. The Morgan fingerprint density at radius 1 is 1.30 bits per heavy atom. The minimum Gasteiger partial charge on any atom is -0.507 e. The van der Waals surface area contributed by atoms with Crippen molar-refractivity contribution in [1.29, 1.82) is 5.26 Å². The summed E-state index contributed by atoms with van der Waals surface area (Å²) >= 11 is 1.25. The number of nitriles is 1. The number of phenolic OH excluding ortho intramolecular Hbond substituents is 1. The lowest BCUT2D eigenvalue weighted by molar-refractivity contribution is 0.0405. The van der Waals surface area contributed by atoms with Crippen LogP contribution in [0.4, 0.5) is 10.2 Å². The predicted molar refractivity (Wildman–Crippen MR) is 124 cm³/mol. The van der Waals surface area contributed by atoms with Crippen molar-refractivity contribution in [3.05, 3.63) is 35.5 Å². The van der Waals surface area contributed by atoms with Crippen molar-refractivity contribution >= 4 is 17.2 Å². The Kier molecular flexibility index (Phi) is 5.46. The van der Waals surface area contributed by atoms with Gasteiger partial charge in [0.1, 0.15) is 27.9 Å². The van der Waals surface area contributed by atoms with E-state index >= 15 is 4.39 Å². The molecule has 8 nitrogen and oxygen atoms in total. The van der Waals surface area contributed by atoms with Crippen LogP contribution in [0, 0.1) is 11.3 Å². The molecular formula is C23H24FN7OS. The molecule has 2 aliphatic heterocycles. The van der Waals surface area contributed by atoms with Crippen LogP contribution in [0.25, 0.3) is 22.0 Å². The summed E-state index contributed by atoms with van der Waals surface area (Å²) in [6, 6.07) is 7.13. The summed E-state index contributed by atoms with van der Waals surface area (Å²) in [6.07, 6.45) is 5.70. The number of thiazole rings is 1. The molecule has 5 rings (SSSR count). The number of rotatable bonds is 4. The van der Waals surface area contributed by atoms with Crippen molar-refractivity contribution in [3.8, 4) is 33.8 Å². The molecule has 0 spiro atoms. The van der Waals surface area contributed by atoms with Gasteiger partial charge < -0.3 is 15.3 Å². The molecule has 1 aromatic carbocycles. The van der Waals surface area contributed by atoms with Crippen molar-refractivity contribution < 1.29 is 9.50 Å². The molecule has 4 atom stereocenters. The van der Waals surface area contributed by atoms with Crippen LogP contribution in [0.5, 0.6) is 5.75 Å². The summed E-state index contributed by atoms with van der Waals surface area (Å²) < 4.78 is 15.4. The highest BCUT2D eigenvalue weighted by Gasteiger charge is 2.49. The Morgan fingerprint density at radius 2 is 2.15 bits per heavy atom. The maximum atomic E-state index is 15.4. The Balaban J connectivity index is 1.36. The number of aromatic hydroxyl groups is 1. The molecular weight excluding hydrogens is 441 g/mol. The number of hydrogen-bond donors (Lipinski definition) is 2. The molecule has 4 heterocycles. The van der Waals surface area contributed by atoms with E-state index in [4.69, 9.17) is 5.26 Å². The molecule has 2 saturated heterocycles. The second-order valence-electron chi connectivity index (χ2n) is 8.98. The number of hydrogen-bond acceptors (Lipinski definition) is 9. The normalized spacial score (nSPS) is 26.5. The molecule has 2 fully saturated rings. The van der Waals surface area contributed by atoms with Gasteiger partial charge in [0.25, 0.3) is 0 Å². The molecule has 2 bridgehead atoms. The van der Waals surface area contributed by atoms with Gasteiger partial charge in [-0.3, -0.25) is 0 Å². The number of alkyl halides is 1. The highest BCUT2D eigenvalue weighted by Crippen LogP contribution is 2.39. The van der Waals surface area contributed by atoms with E-state index in [0.717, 1.165) is 19.3 Å². The van der Waals surface area contributed by atoms with E-state index in [9.17, 15) is 5.11 Å². The van der Waals surface area contributed by atoms with Gasteiger partial charge in [0.2, 0.25) is 0 Å². The first kappa shape index (κ1) is 21.7. The molecule has 33 heavy (non-hydrogen) atoms. The van der Waals surface area contributed by atoms with Crippen LogP contribution in [-0.4, -0.2) is 56.1 Å². The van der Waals surface area contributed by atoms with E-state index in [1.165, 1.54) is 17.5 Å². The number of piperidine rings is 2. The molecule has 2 aromatic heterocycles. The molecule has 2 aliphatic rings. The smallest absolute Gasteiger partial charge is 0.185 e. The van der Waals surface area contributed by atoms with E-state index in [1.54, 1.807) is 24.4 Å². The monoisotopic (exact) mass is 465 g/mol. The summed E-state index contributed by atoms with van der Waals surface area (Å²) in [4.78, 5) is 10.9. The second-order valence-corrected chi connectivity index (χ2v) is 10.0. The fourth-order valence-corrected chi connectivity index (χ4v) is 5.66. The maximum Gasteiger partial charge on any atom is 0.185 e. The van der Waals surface area contributed by atoms with Crippen LogP contribution in [0.3, 0.4) is 0 Å². The number of aromatic nitrogens is 4. The Labute approximate surface area is 195 Å². The zero-order chi connectivity index (χ0) is 23.2. The molecule has 0 amide bonds. The molecule has 0 saturated carbocycles. The van der Waals surface area contributed by atoms with Crippen LogP contribution in [0.1, 0.15) is 37.5 Å². The van der Waals surface area contributed by atoms with Gasteiger partial charge >= 0.3 is 0 Å². The lowest BCUT2D eigenvalue weighted by Gasteiger charge is -2.52. The third-order valence-electron chi connectivity index (χ3n) is 6.76. The molecule has 170 valence electrons. The van der Waals surface area contributed by atoms with Gasteiger partial charge in [-0.15, -0.1) is 21.5 Å². The van der Waals surface area contributed by atoms with Gasteiger partial charge in [0.15, 0.2) is 11.6 Å². The summed E-state index contributed by atoms with van der Waals surface area (Å²) in [5.41, 5.74) is 0.621. The van der Waals surface area contributed by atoms with Crippen molar-refractivity contribution in [2.45, 2.75) is 56.4 Å². The SMILES string of the molecule is CN(c1cnc(-c2ccc(-c3ncc(C#N)s3)cc2O)nn1)[C@H]1C[C@H]2CCC[C@@](C)(N2)[C@H]1F. The minimum atomic E-state index is -1.02. The lowest BCUT2D eigenvalue weighted by atomic mass is 9.73. The zero-order valence-corrected chi connectivity index (χ0v) is 19.2. The largest absolute Gasteiger partial charge is 0.507 e. The number of anilines is 1. The quantitative estimate of drug-likeness (QED) is 0.600. The first-order valence-electron chi connectivity index (χ1n) is 10.9. The van der Waals surface area contributed by atoms with E-state index in [2.05, 4.69) is 31.6 Å². The third-order valence-corrected chi connectivity index (χ3v) is 7.72. The first-order valence-corrected chi connectivity index (χ1v) is 11.7. The van der Waals surface area contributed by atoms with Gasteiger partial charge in [-0.05, 0) is 44.7 Å². The van der Waals surface area contributed by atoms with Crippen molar-refractivity contribution in [1.82, 2.24) is 25.5 Å². The third kappa shape index (κ3) is 3.92. The van der Waals surface area contributed by atoms with Crippen molar-refractivity contribution in [3.63, 3.8) is 0 Å². The fourth-order valence-electron chi connectivity index (χ4n) is 4.95. The lowest BCUT2D eigenvalue weighted by Crippen LogP contribution is -2.68. The Morgan fingerprint density at radius 3 is 2.85 bits per heavy atom. The average Bonchev–Trinajstić information content (AvgIpc) is 3.31. The standard InChI is InChI=1S/C23H24FN7OS/c1-23-7-3-4-14(28-23)9-17(20(23)24)31(2)19-12-26-21(30-29-19)16-6-5-13(8-18(16)32)22-27-11-15(10-25)33-22/h5-6,8,11-12,14,17,20,28,32H,3-4,7,9H2,1-2H3/t14-,17+,20+,23-/m1/s1. The van der Waals surface area contributed by atoms with E-state index in [1.807, 2.05) is 18.9 Å². The zero-order valence-electron chi connectivity index (χ0n) is 18.4. The maximum absolute atomic E-state index is 15.4. The Hall–Kier alpha value is -3.16. The van der Waals surface area contributed by atoms with Crippen LogP contribution >= 0.6 is 11.3 Å². The number of fused-ring (bicyclic) bond motifs is 2. The second kappa shape index (κ2) is 8.32. The molecule has 3 aromatic rings. The van der Waals surface area contributed by atoms with Crippen LogP contribution in [0.2, 0.25) is 0 Å². The summed E-state index contributed by atoms with van der Waals surface area (Å²) in [6.45, 7) is 1.97. The van der Waals surface area contributed by atoms with E-state index in [-0.39, 0.29) is 17.6 Å². The van der Waals surface area contributed by atoms with Gasteiger partial charge in [-0.25, -0.2) is 14.4 Å². The van der Waals surface area contributed by atoms with Gasteiger partial charge in [0.05, 0.1) is 24.0 Å². The van der Waals surface area contributed by atoms with Crippen molar-refractivity contribution in [2.75, 3.05) is 11.9 Å². The summed E-state index contributed by atoms with van der Waals surface area (Å²) in [5.74, 6) is 0.768. The van der Waals surface area contributed by atoms with Crippen LogP contribution < -0.4 is 10.2 Å². The molecule has 2 N–H and O–H groups in total. The molecule has 0 unspecified atom stereocenters. The number of benzene rings is 1. The number of nitrogens with one attached hydrogen (secondary N) is 1. The summed E-state index contributed by atoms with van der Waals surface area (Å²) in [7, 11) is 1.84. The molecule has 0 radical (unpaired) electrons. The minimum absolute atomic E-state index is 0.00737.